The van der Waals surface area contributed by atoms with E-state index in [0.29, 0.717) is 5.69 Å². The van der Waals surface area contributed by atoms with Gasteiger partial charge in [0.1, 0.15) is 6.54 Å². The Morgan fingerprint density at radius 3 is 2.53 bits per heavy atom. The summed E-state index contributed by atoms with van der Waals surface area (Å²) in [5, 5.41) is 2.33. The van der Waals surface area contributed by atoms with Crippen molar-refractivity contribution in [2.24, 2.45) is 0 Å². The van der Waals surface area contributed by atoms with Gasteiger partial charge in [0.15, 0.2) is 0 Å². The van der Waals surface area contributed by atoms with Crippen LogP contribution in [-0.2, 0) is 4.79 Å². The molecule has 1 aliphatic heterocycles. The number of Topliss-reactive ketones (excluding diaryl/α,β-unsaturated/α-hetero) is 1. The van der Waals surface area contributed by atoms with Gasteiger partial charge >= 0.3 is 6.18 Å². The predicted octanol–water partition coefficient (Wildman–Crippen LogP) is 2.21. The number of benzene rings is 1. The molecule has 0 aromatic heterocycles. The van der Waals surface area contributed by atoms with Gasteiger partial charge in [0, 0.05) is 12.2 Å². The molecule has 0 atom stereocenters. The van der Waals surface area contributed by atoms with Crippen LogP contribution in [0.4, 0.5) is 24.5 Å². The number of hydrogen-bond donors (Lipinski definition) is 1. The molecule has 0 bridgehead atoms. The smallest absolute Gasteiger partial charge is 0.363 e. The minimum Gasteiger partial charge on any atom is -0.363 e. The van der Waals surface area contributed by atoms with Gasteiger partial charge < -0.3 is 10.2 Å². The molecule has 0 aliphatic carbocycles. The van der Waals surface area contributed by atoms with Crippen LogP contribution in [0.5, 0.6) is 0 Å². The highest BCUT2D eigenvalue weighted by atomic mass is 19.4. The second-order valence-corrected chi connectivity index (χ2v) is 4.14. The van der Waals surface area contributed by atoms with Crippen molar-refractivity contribution in [3.05, 3.63) is 23.8 Å². The van der Waals surface area contributed by atoms with Gasteiger partial charge in [-0.05, 0) is 25.1 Å². The Morgan fingerprint density at radius 2 is 1.95 bits per heavy atom. The lowest BCUT2D eigenvalue weighted by Gasteiger charge is -2.24. The zero-order valence-electron chi connectivity index (χ0n) is 10.0. The highest BCUT2D eigenvalue weighted by Gasteiger charge is 2.32. The molecule has 2 rings (SSSR count). The fourth-order valence-corrected chi connectivity index (χ4v) is 1.93. The van der Waals surface area contributed by atoms with E-state index in [1.54, 1.807) is 6.92 Å². The highest BCUT2D eigenvalue weighted by Crippen LogP contribution is 2.29. The first kappa shape index (κ1) is 13.4. The number of fused-ring (bicyclic) bond motifs is 1. The third kappa shape index (κ3) is 2.69. The van der Waals surface area contributed by atoms with Gasteiger partial charge in [0.25, 0.3) is 11.7 Å². The molecule has 0 fully saturated rings. The predicted molar refractivity (Wildman–Crippen MR) is 63.3 cm³/mol. The number of amides is 1. The number of nitrogens with zero attached hydrogens (tertiary/aromatic N) is 1. The minimum atomic E-state index is -4.31. The number of alkyl halides is 3. The van der Waals surface area contributed by atoms with Crippen molar-refractivity contribution in [2.45, 2.75) is 13.1 Å². The molecule has 1 aromatic rings. The van der Waals surface area contributed by atoms with Crippen LogP contribution in [0.25, 0.3) is 0 Å². The van der Waals surface area contributed by atoms with Crippen molar-refractivity contribution in [3.8, 4) is 0 Å². The largest absolute Gasteiger partial charge is 0.405 e. The van der Waals surface area contributed by atoms with Crippen LogP contribution in [0.1, 0.15) is 17.3 Å². The first-order chi connectivity index (χ1) is 8.81. The number of ketones is 1. The molecule has 0 radical (unpaired) electrons. The maximum absolute atomic E-state index is 12.4. The van der Waals surface area contributed by atoms with Gasteiger partial charge in [-0.25, -0.2) is 0 Å². The summed E-state index contributed by atoms with van der Waals surface area (Å²) in [6.45, 7) is 0.688. The lowest BCUT2D eigenvalue weighted by molar-refractivity contribution is -0.119. The SMILES string of the molecule is CCN(CC(F)(F)F)c1ccc2c(c1)NC(=O)C2=O. The third-order valence-corrected chi connectivity index (χ3v) is 2.82. The Hall–Kier alpha value is -2.05. The van der Waals surface area contributed by atoms with Crippen LogP contribution in [0, 0.1) is 0 Å². The summed E-state index contributed by atoms with van der Waals surface area (Å²) < 4.78 is 37.2. The molecular weight excluding hydrogens is 261 g/mol. The Kier molecular flexibility index (Phi) is 3.21. The van der Waals surface area contributed by atoms with Crippen LogP contribution >= 0.6 is 0 Å². The van der Waals surface area contributed by atoms with Crippen molar-refractivity contribution in [1.82, 2.24) is 0 Å². The van der Waals surface area contributed by atoms with Gasteiger partial charge in [0.2, 0.25) is 0 Å². The highest BCUT2D eigenvalue weighted by molar-refractivity contribution is 6.51. The van der Waals surface area contributed by atoms with Gasteiger partial charge in [-0.1, -0.05) is 0 Å². The summed E-state index contributed by atoms with van der Waals surface area (Å²) in [4.78, 5) is 23.6. The first-order valence-corrected chi connectivity index (χ1v) is 5.63. The fourth-order valence-electron chi connectivity index (χ4n) is 1.93. The number of halogens is 3. The topological polar surface area (TPSA) is 49.4 Å². The lowest BCUT2D eigenvalue weighted by Crippen LogP contribution is -2.34. The van der Waals surface area contributed by atoms with Crippen LogP contribution in [0.2, 0.25) is 0 Å². The van der Waals surface area contributed by atoms with E-state index in [4.69, 9.17) is 0 Å². The quantitative estimate of drug-likeness (QED) is 0.858. The third-order valence-electron chi connectivity index (χ3n) is 2.82. The molecule has 1 aliphatic rings. The molecule has 4 nitrogen and oxygen atoms in total. The molecule has 1 heterocycles. The Labute approximate surface area is 107 Å². The van der Waals surface area contributed by atoms with Crippen molar-refractivity contribution in [1.29, 1.82) is 0 Å². The minimum absolute atomic E-state index is 0.167. The van der Waals surface area contributed by atoms with Gasteiger partial charge in [-0.3, -0.25) is 9.59 Å². The van der Waals surface area contributed by atoms with E-state index in [9.17, 15) is 22.8 Å². The molecule has 102 valence electrons. The molecule has 1 amide bonds. The zero-order valence-corrected chi connectivity index (χ0v) is 10.0. The Balaban J connectivity index is 2.30. The van der Waals surface area contributed by atoms with Gasteiger partial charge in [0.05, 0.1) is 11.3 Å². The van der Waals surface area contributed by atoms with Crippen LogP contribution in [-0.4, -0.2) is 31.0 Å². The van der Waals surface area contributed by atoms with Crippen LogP contribution in [0.3, 0.4) is 0 Å². The maximum Gasteiger partial charge on any atom is 0.405 e. The zero-order chi connectivity index (χ0) is 14.2. The van der Waals surface area contributed by atoms with Crippen molar-refractivity contribution >= 4 is 23.1 Å². The van der Waals surface area contributed by atoms with Crippen molar-refractivity contribution in [2.75, 3.05) is 23.3 Å². The molecule has 19 heavy (non-hydrogen) atoms. The first-order valence-electron chi connectivity index (χ1n) is 5.63. The second kappa shape index (κ2) is 4.56. The van der Waals surface area contributed by atoms with Crippen LogP contribution < -0.4 is 10.2 Å². The Morgan fingerprint density at radius 1 is 1.26 bits per heavy atom. The van der Waals surface area contributed by atoms with E-state index in [0.717, 1.165) is 4.90 Å². The van der Waals surface area contributed by atoms with Gasteiger partial charge in [-0.2, -0.15) is 13.2 Å². The fraction of sp³-hybridized carbons (Fsp3) is 0.333. The number of rotatable bonds is 3. The lowest BCUT2D eigenvalue weighted by atomic mass is 10.1. The molecule has 1 aromatic carbocycles. The monoisotopic (exact) mass is 272 g/mol. The van der Waals surface area contributed by atoms with Crippen molar-refractivity contribution < 1.29 is 22.8 Å². The van der Waals surface area contributed by atoms with E-state index >= 15 is 0 Å². The standard InChI is InChI=1S/C12H11F3N2O2/c1-2-17(6-12(13,14)15)7-3-4-8-9(5-7)16-11(19)10(8)18/h3-5H,2,6H2,1H3,(H,16,18,19). The molecular formula is C12H11F3N2O2. The van der Waals surface area contributed by atoms with E-state index in [-0.39, 0.29) is 17.8 Å². The number of hydrogen-bond acceptors (Lipinski definition) is 3. The summed E-state index contributed by atoms with van der Waals surface area (Å²) in [5.74, 6) is -1.42. The summed E-state index contributed by atoms with van der Waals surface area (Å²) in [6, 6.07) is 4.16. The van der Waals surface area contributed by atoms with E-state index < -0.39 is 24.4 Å². The molecule has 0 spiro atoms. The summed E-state index contributed by atoms with van der Waals surface area (Å²) >= 11 is 0. The average molecular weight is 272 g/mol. The molecule has 7 heteroatoms. The number of carbonyl (C=O) groups is 2. The second-order valence-electron chi connectivity index (χ2n) is 4.14. The van der Waals surface area contributed by atoms with Crippen LogP contribution in [0.15, 0.2) is 18.2 Å². The normalized spacial score (nSPS) is 14.3. The number of carbonyl (C=O) groups excluding carboxylic acids is 2. The van der Waals surface area contributed by atoms with E-state index in [1.807, 2.05) is 0 Å². The van der Waals surface area contributed by atoms with E-state index in [2.05, 4.69) is 5.32 Å². The molecule has 1 N–H and O–H groups in total. The average Bonchev–Trinajstić information content (AvgIpc) is 2.60. The summed E-state index contributed by atoms with van der Waals surface area (Å²) in [5.41, 5.74) is 0.763. The van der Waals surface area contributed by atoms with Gasteiger partial charge in [-0.15, -0.1) is 0 Å². The summed E-state index contributed by atoms with van der Waals surface area (Å²) in [7, 11) is 0. The van der Waals surface area contributed by atoms with Crippen molar-refractivity contribution in [3.63, 3.8) is 0 Å². The summed E-state index contributed by atoms with van der Waals surface area (Å²) in [6.07, 6.45) is -4.31. The number of nitrogens with one attached hydrogen (secondary N) is 1. The molecule has 0 saturated heterocycles. The van der Waals surface area contributed by atoms with E-state index in [1.165, 1.54) is 18.2 Å². The molecule has 0 unspecified atom stereocenters. The number of anilines is 2. The molecule has 0 saturated carbocycles. The maximum atomic E-state index is 12.4. The Bertz CT molecular complexity index is 540.